The van der Waals surface area contributed by atoms with Crippen LogP contribution in [0.2, 0.25) is 0 Å². The third kappa shape index (κ3) is 2.02. The van der Waals surface area contributed by atoms with E-state index < -0.39 is 0 Å². The van der Waals surface area contributed by atoms with Gasteiger partial charge in [0, 0.05) is 17.0 Å². The van der Waals surface area contributed by atoms with Crippen LogP contribution in [0.1, 0.15) is 30.0 Å². The van der Waals surface area contributed by atoms with Gasteiger partial charge in [-0.05, 0) is 24.5 Å². The monoisotopic (exact) mass is 253 g/mol. The summed E-state index contributed by atoms with van der Waals surface area (Å²) in [5.41, 5.74) is 9.10. The highest BCUT2D eigenvalue weighted by Crippen LogP contribution is 2.56. The minimum absolute atomic E-state index is 0.00829. The Kier molecular flexibility index (Phi) is 3.03. The van der Waals surface area contributed by atoms with Crippen molar-refractivity contribution in [1.82, 2.24) is 0 Å². The Balaban J connectivity index is 1.98. The predicted octanol–water partition coefficient (Wildman–Crippen LogP) is 3.43. The van der Waals surface area contributed by atoms with Crippen LogP contribution in [0.5, 0.6) is 5.75 Å². The number of ether oxygens (including phenoxy) is 1. The largest absolute Gasteiger partial charge is 0.496 e. The van der Waals surface area contributed by atoms with Crippen molar-refractivity contribution >= 4 is 0 Å². The Morgan fingerprint density at radius 2 is 1.63 bits per heavy atom. The van der Waals surface area contributed by atoms with E-state index in [1.165, 1.54) is 5.56 Å². The van der Waals surface area contributed by atoms with Crippen molar-refractivity contribution < 1.29 is 4.74 Å². The van der Waals surface area contributed by atoms with E-state index in [9.17, 15) is 0 Å². The smallest absolute Gasteiger partial charge is 0.123 e. The average Bonchev–Trinajstić information content (AvgIpc) is 3.29. The van der Waals surface area contributed by atoms with Gasteiger partial charge < -0.3 is 10.5 Å². The lowest BCUT2D eigenvalue weighted by Gasteiger charge is -2.25. The second-order valence-electron chi connectivity index (χ2n) is 5.24. The molecular formula is C17H19NO. The second kappa shape index (κ2) is 4.71. The standard InChI is InChI=1S/C17H19NO/c1-19-15-10-6-5-9-14(15)16(18)17(11-12-17)13-7-3-2-4-8-13/h2-10,16H,11-12,18H2,1H3. The fourth-order valence-electron chi connectivity index (χ4n) is 2.91. The number of hydrogen-bond acceptors (Lipinski definition) is 2. The van der Waals surface area contributed by atoms with Gasteiger partial charge in [-0.15, -0.1) is 0 Å². The molecule has 0 aromatic heterocycles. The van der Waals surface area contributed by atoms with E-state index >= 15 is 0 Å². The van der Waals surface area contributed by atoms with Gasteiger partial charge in [0.25, 0.3) is 0 Å². The molecule has 2 nitrogen and oxygen atoms in total. The fourth-order valence-corrected chi connectivity index (χ4v) is 2.91. The first-order valence-electron chi connectivity index (χ1n) is 6.72. The van der Waals surface area contributed by atoms with Gasteiger partial charge in [0.2, 0.25) is 0 Å². The lowest BCUT2D eigenvalue weighted by molar-refractivity contribution is 0.398. The highest BCUT2D eigenvalue weighted by atomic mass is 16.5. The molecule has 1 atom stereocenters. The normalized spacial score (nSPS) is 17.8. The summed E-state index contributed by atoms with van der Waals surface area (Å²) < 4.78 is 5.45. The Morgan fingerprint density at radius 1 is 1.00 bits per heavy atom. The maximum Gasteiger partial charge on any atom is 0.123 e. The molecule has 0 heterocycles. The summed E-state index contributed by atoms with van der Waals surface area (Å²) in [5, 5.41) is 0. The molecule has 19 heavy (non-hydrogen) atoms. The Hall–Kier alpha value is -1.80. The molecule has 1 saturated carbocycles. The van der Waals surface area contributed by atoms with Crippen LogP contribution in [-0.2, 0) is 5.41 Å². The van der Waals surface area contributed by atoms with Gasteiger partial charge in [-0.25, -0.2) is 0 Å². The Morgan fingerprint density at radius 3 is 2.26 bits per heavy atom. The summed E-state index contributed by atoms with van der Waals surface area (Å²) >= 11 is 0. The minimum Gasteiger partial charge on any atom is -0.496 e. The molecule has 0 aliphatic heterocycles. The van der Waals surface area contributed by atoms with Crippen molar-refractivity contribution in [2.75, 3.05) is 7.11 Å². The molecular weight excluding hydrogens is 234 g/mol. The molecule has 1 aliphatic rings. The highest BCUT2D eigenvalue weighted by molar-refractivity contribution is 5.43. The molecule has 0 radical (unpaired) electrons. The van der Waals surface area contributed by atoms with Crippen molar-refractivity contribution in [2.45, 2.75) is 24.3 Å². The third-order valence-electron chi connectivity index (χ3n) is 4.21. The van der Waals surface area contributed by atoms with Crippen molar-refractivity contribution in [2.24, 2.45) is 5.73 Å². The zero-order valence-electron chi connectivity index (χ0n) is 11.2. The average molecular weight is 253 g/mol. The Labute approximate surface area is 114 Å². The maximum absolute atomic E-state index is 6.56. The molecule has 1 fully saturated rings. The number of hydrogen-bond donors (Lipinski definition) is 1. The fraction of sp³-hybridized carbons (Fsp3) is 0.294. The SMILES string of the molecule is COc1ccccc1C(N)C1(c2ccccc2)CC1. The van der Waals surface area contributed by atoms with Crippen LogP contribution < -0.4 is 10.5 Å². The minimum atomic E-state index is -0.00829. The van der Waals surface area contributed by atoms with Crippen molar-refractivity contribution in [3.63, 3.8) is 0 Å². The predicted molar refractivity (Wildman–Crippen MR) is 77.3 cm³/mol. The number of benzene rings is 2. The van der Waals surface area contributed by atoms with E-state index in [2.05, 4.69) is 30.3 Å². The lowest BCUT2D eigenvalue weighted by atomic mass is 9.84. The van der Waals surface area contributed by atoms with Gasteiger partial charge in [0.15, 0.2) is 0 Å². The van der Waals surface area contributed by atoms with Gasteiger partial charge in [-0.2, -0.15) is 0 Å². The van der Waals surface area contributed by atoms with Gasteiger partial charge in [-0.1, -0.05) is 48.5 Å². The van der Waals surface area contributed by atoms with Crippen LogP contribution in [0.15, 0.2) is 54.6 Å². The van der Waals surface area contributed by atoms with Gasteiger partial charge in [0.1, 0.15) is 5.75 Å². The highest BCUT2D eigenvalue weighted by Gasteiger charge is 2.50. The van der Waals surface area contributed by atoms with Crippen LogP contribution in [0.3, 0.4) is 0 Å². The van der Waals surface area contributed by atoms with E-state index in [1.54, 1.807) is 7.11 Å². The zero-order valence-corrected chi connectivity index (χ0v) is 11.2. The first-order valence-corrected chi connectivity index (χ1v) is 6.72. The lowest BCUT2D eigenvalue weighted by Crippen LogP contribution is -2.26. The molecule has 0 bridgehead atoms. The molecule has 2 aromatic carbocycles. The molecule has 1 unspecified atom stereocenters. The summed E-state index contributed by atoms with van der Waals surface area (Å²) in [6, 6.07) is 18.7. The number of methoxy groups -OCH3 is 1. The molecule has 2 heteroatoms. The van der Waals surface area contributed by atoms with Gasteiger partial charge in [-0.3, -0.25) is 0 Å². The number of para-hydroxylation sites is 1. The van der Waals surface area contributed by atoms with Crippen molar-refractivity contribution in [3.05, 3.63) is 65.7 Å². The molecule has 0 amide bonds. The molecule has 2 N–H and O–H groups in total. The molecule has 0 spiro atoms. The van der Waals surface area contributed by atoms with E-state index in [0.717, 1.165) is 24.2 Å². The summed E-state index contributed by atoms with van der Waals surface area (Å²) in [4.78, 5) is 0. The summed E-state index contributed by atoms with van der Waals surface area (Å²) in [5.74, 6) is 0.886. The number of rotatable bonds is 4. The van der Waals surface area contributed by atoms with Crippen LogP contribution >= 0.6 is 0 Å². The zero-order chi connectivity index (χ0) is 13.3. The summed E-state index contributed by atoms with van der Waals surface area (Å²) in [6.45, 7) is 0. The second-order valence-corrected chi connectivity index (χ2v) is 5.24. The molecule has 3 rings (SSSR count). The van der Waals surface area contributed by atoms with Crippen LogP contribution in [0, 0.1) is 0 Å². The van der Waals surface area contributed by atoms with E-state index in [4.69, 9.17) is 10.5 Å². The van der Waals surface area contributed by atoms with E-state index in [0.29, 0.717) is 0 Å². The molecule has 1 aliphatic carbocycles. The van der Waals surface area contributed by atoms with Crippen LogP contribution in [-0.4, -0.2) is 7.11 Å². The van der Waals surface area contributed by atoms with E-state index in [1.807, 2.05) is 24.3 Å². The van der Waals surface area contributed by atoms with Gasteiger partial charge >= 0.3 is 0 Å². The summed E-state index contributed by atoms with van der Waals surface area (Å²) in [6.07, 6.45) is 2.30. The van der Waals surface area contributed by atoms with Crippen molar-refractivity contribution in [1.29, 1.82) is 0 Å². The first kappa shape index (κ1) is 12.2. The maximum atomic E-state index is 6.56. The third-order valence-corrected chi connectivity index (χ3v) is 4.21. The molecule has 0 saturated heterocycles. The number of nitrogens with two attached hydrogens (primary N) is 1. The van der Waals surface area contributed by atoms with Gasteiger partial charge in [0.05, 0.1) is 7.11 Å². The topological polar surface area (TPSA) is 35.2 Å². The molecule has 2 aromatic rings. The van der Waals surface area contributed by atoms with Crippen molar-refractivity contribution in [3.8, 4) is 5.75 Å². The Bertz CT molecular complexity index is 560. The first-order chi connectivity index (χ1) is 9.28. The summed E-state index contributed by atoms with van der Waals surface area (Å²) in [7, 11) is 1.70. The van der Waals surface area contributed by atoms with Crippen LogP contribution in [0.4, 0.5) is 0 Å². The van der Waals surface area contributed by atoms with E-state index in [-0.39, 0.29) is 11.5 Å². The quantitative estimate of drug-likeness (QED) is 0.906. The molecule has 98 valence electrons. The van der Waals surface area contributed by atoms with Crippen LogP contribution in [0.25, 0.3) is 0 Å².